The molecule has 0 aliphatic rings. The van der Waals surface area contributed by atoms with Crippen LogP contribution in [0.5, 0.6) is 0 Å². The second-order valence-electron chi connectivity index (χ2n) is 5.87. The SMILES string of the molecule is Cc1ccc(-c2cc(C(=O)O)c(C)n2-c2ccc(C)cc2)cc1. The first-order valence-corrected chi connectivity index (χ1v) is 7.57. The van der Waals surface area contributed by atoms with E-state index in [9.17, 15) is 9.90 Å². The molecule has 3 aromatic rings. The van der Waals surface area contributed by atoms with Crippen LogP contribution in [0.4, 0.5) is 0 Å². The second-order valence-corrected chi connectivity index (χ2v) is 5.87. The van der Waals surface area contributed by atoms with E-state index in [4.69, 9.17) is 0 Å². The van der Waals surface area contributed by atoms with Gasteiger partial charge in [-0.2, -0.15) is 0 Å². The standard InChI is InChI=1S/C20H19NO2/c1-13-4-8-16(9-5-13)19-12-18(20(22)23)15(3)21(19)17-10-6-14(2)7-11-17/h4-12H,1-3H3,(H,22,23). The molecule has 3 heteroatoms. The Morgan fingerprint density at radius 3 is 1.91 bits per heavy atom. The van der Waals surface area contributed by atoms with Crippen molar-refractivity contribution < 1.29 is 9.90 Å². The zero-order valence-electron chi connectivity index (χ0n) is 13.5. The predicted molar refractivity (Wildman–Crippen MR) is 92.4 cm³/mol. The van der Waals surface area contributed by atoms with Crippen LogP contribution < -0.4 is 0 Å². The van der Waals surface area contributed by atoms with Crippen LogP contribution >= 0.6 is 0 Å². The summed E-state index contributed by atoms with van der Waals surface area (Å²) in [5.41, 5.74) is 6.29. The van der Waals surface area contributed by atoms with Gasteiger partial charge in [-0.25, -0.2) is 4.79 Å². The Morgan fingerprint density at radius 2 is 1.39 bits per heavy atom. The highest BCUT2D eigenvalue weighted by Crippen LogP contribution is 2.30. The lowest BCUT2D eigenvalue weighted by Crippen LogP contribution is -2.02. The molecule has 0 radical (unpaired) electrons. The number of nitrogens with zero attached hydrogens (tertiary/aromatic N) is 1. The van der Waals surface area contributed by atoms with Gasteiger partial charge in [0, 0.05) is 11.4 Å². The Morgan fingerprint density at radius 1 is 0.870 bits per heavy atom. The highest BCUT2D eigenvalue weighted by atomic mass is 16.4. The number of rotatable bonds is 3. The lowest BCUT2D eigenvalue weighted by atomic mass is 10.1. The molecule has 0 saturated heterocycles. The van der Waals surface area contributed by atoms with Gasteiger partial charge < -0.3 is 9.67 Å². The lowest BCUT2D eigenvalue weighted by molar-refractivity contribution is 0.0696. The maximum Gasteiger partial charge on any atom is 0.337 e. The van der Waals surface area contributed by atoms with Crippen LogP contribution in [0.15, 0.2) is 54.6 Å². The Labute approximate surface area is 135 Å². The van der Waals surface area contributed by atoms with Crippen molar-refractivity contribution in [3.05, 3.63) is 77.0 Å². The first-order valence-electron chi connectivity index (χ1n) is 7.57. The number of aromatic carboxylic acids is 1. The van der Waals surface area contributed by atoms with E-state index in [1.54, 1.807) is 6.07 Å². The average Bonchev–Trinajstić information content (AvgIpc) is 2.87. The molecule has 3 nitrogen and oxygen atoms in total. The Hall–Kier alpha value is -2.81. The molecule has 0 atom stereocenters. The van der Waals surface area contributed by atoms with Gasteiger partial charge in [0.15, 0.2) is 0 Å². The van der Waals surface area contributed by atoms with Crippen LogP contribution in [0.3, 0.4) is 0 Å². The van der Waals surface area contributed by atoms with Crippen molar-refractivity contribution in [3.8, 4) is 16.9 Å². The molecule has 0 fully saturated rings. The number of carboxylic acids is 1. The topological polar surface area (TPSA) is 42.2 Å². The molecule has 0 bridgehead atoms. The van der Waals surface area contributed by atoms with Gasteiger partial charge in [-0.1, -0.05) is 47.5 Å². The van der Waals surface area contributed by atoms with Gasteiger partial charge in [0.1, 0.15) is 0 Å². The van der Waals surface area contributed by atoms with Crippen LogP contribution in [0, 0.1) is 20.8 Å². The van der Waals surface area contributed by atoms with Crippen molar-refractivity contribution in [3.63, 3.8) is 0 Å². The zero-order valence-corrected chi connectivity index (χ0v) is 13.5. The fraction of sp³-hybridized carbons (Fsp3) is 0.150. The quantitative estimate of drug-likeness (QED) is 0.757. The summed E-state index contributed by atoms with van der Waals surface area (Å²) in [6.45, 7) is 5.92. The molecular formula is C20H19NO2. The smallest absolute Gasteiger partial charge is 0.337 e. The first-order chi connectivity index (χ1) is 11.0. The maximum atomic E-state index is 11.5. The number of benzene rings is 2. The summed E-state index contributed by atoms with van der Waals surface area (Å²) in [6, 6.07) is 18.0. The predicted octanol–water partition coefficient (Wildman–Crippen LogP) is 4.77. The van der Waals surface area contributed by atoms with Crippen LogP contribution in [-0.2, 0) is 0 Å². The largest absolute Gasteiger partial charge is 0.478 e. The van der Waals surface area contributed by atoms with Crippen molar-refractivity contribution in [1.29, 1.82) is 0 Å². The summed E-state index contributed by atoms with van der Waals surface area (Å²) >= 11 is 0. The maximum absolute atomic E-state index is 11.5. The van der Waals surface area contributed by atoms with E-state index in [-0.39, 0.29) is 0 Å². The first kappa shape index (κ1) is 15.1. The number of hydrogen-bond donors (Lipinski definition) is 1. The Kier molecular flexibility index (Phi) is 3.78. The molecular weight excluding hydrogens is 286 g/mol. The molecule has 1 N–H and O–H groups in total. The summed E-state index contributed by atoms with van der Waals surface area (Å²) in [4.78, 5) is 11.5. The van der Waals surface area contributed by atoms with E-state index in [0.29, 0.717) is 5.56 Å². The summed E-state index contributed by atoms with van der Waals surface area (Å²) in [7, 11) is 0. The van der Waals surface area contributed by atoms with Crippen molar-refractivity contribution in [2.24, 2.45) is 0 Å². The molecule has 1 aromatic heterocycles. The van der Waals surface area contributed by atoms with Gasteiger partial charge in [0.05, 0.1) is 11.3 Å². The highest BCUT2D eigenvalue weighted by Gasteiger charge is 2.18. The second kappa shape index (κ2) is 5.76. The highest BCUT2D eigenvalue weighted by molar-refractivity contribution is 5.91. The molecule has 2 aromatic carbocycles. The van der Waals surface area contributed by atoms with Gasteiger partial charge in [-0.3, -0.25) is 0 Å². The molecule has 0 saturated carbocycles. The van der Waals surface area contributed by atoms with Gasteiger partial charge >= 0.3 is 5.97 Å². The van der Waals surface area contributed by atoms with Crippen molar-refractivity contribution in [2.75, 3.05) is 0 Å². The average molecular weight is 305 g/mol. The van der Waals surface area contributed by atoms with Gasteiger partial charge in [-0.05, 0) is 44.5 Å². The molecule has 3 rings (SSSR count). The van der Waals surface area contributed by atoms with Crippen molar-refractivity contribution in [1.82, 2.24) is 4.57 Å². The van der Waals surface area contributed by atoms with E-state index in [1.807, 2.05) is 73.9 Å². The van der Waals surface area contributed by atoms with Crippen LogP contribution in [0.25, 0.3) is 16.9 Å². The fourth-order valence-corrected chi connectivity index (χ4v) is 2.79. The molecule has 0 aliphatic heterocycles. The number of aromatic nitrogens is 1. The summed E-state index contributed by atoms with van der Waals surface area (Å²) < 4.78 is 2.01. The third-order valence-corrected chi connectivity index (χ3v) is 4.12. The van der Waals surface area contributed by atoms with E-state index >= 15 is 0 Å². The molecule has 116 valence electrons. The third kappa shape index (κ3) is 2.78. The van der Waals surface area contributed by atoms with Crippen LogP contribution in [0.1, 0.15) is 27.2 Å². The molecule has 1 heterocycles. The number of carbonyl (C=O) groups is 1. The monoisotopic (exact) mass is 305 g/mol. The molecule has 0 unspecified atom stereocenters. The summed E-state index contributed by atoms with van der Waals surface area (Å²) in [5.74, 6) is -0.901. The number of hydrogen-bond acceptors (Lipinski definition) is 1. The minimum absolute atomic E-state index is 0.334. The summed E-state index contributed by atoms with van der Waals surface area (Å²) in [6.07, 6.45) is 0. The third-order valence-electron chi connectivity index (χ3n) is 4.12. The van der Waals surface area contributed by atoms with Gasteiger partial charge in [-0.15, -0.1) is 0 Å². The van der Waals surface area contributed by atoms with Crippen molar-refractivity contribution >= 4 is 5.97 Å². The fourth-order valence-electron chi connectivity index (χ4n) is 2.79. The van der Waals surface area contributed by atoms with Crippen LogP contribution in [-0.4, -0.2) is 15.6 Å². The van der Waals surface area contributed by atoms with Gasteiger partial charge in [0.25, 0.3) is 0 Å². The number of carboxylic acid groups (broad SMARTS) is 1. The molecule has 23 heavy (non-hydrogen) atoms. The van der Waals surface area contributed by atoms with E-state index in [1.165, 1.54) is 11.1 Å². The molecule has 0 aliphatic carbocycles. The van der Waals surface area contributed by atoms with Crippen LogP contribution in [0.2, 0.25) is 0 Å². The normalized spacial score (nSPS) is 10.7. The van der Waals surface area contributed by atoms with Crippen molar-refractivity contribution in [2.45, 2.75) is 20.8 Å². The Bertz CT molecular complexity index is 856. The van der Waals surface area contributed by atoms with E-state index < -0.39 is 5.97 Å². The minimum Gasteiger partial charge on any atom is -0.478 e. The zero-order chi connectivity index (χ0) is 16.6. The van der Waals surface area contributed by atoms with Gasteiger partial charge in [0.2, 0.25) is 0 Å². The van der Waals surface area contributed by atoms with E-state index in [2.05, 4.69) is 0 Å². The van der Waals surface area contributed by atoms with E-state index in [0.717, 1.165) is 22.6 Å². The number of aryl methyl sites for hydroxylation is 2. The lowest BCUT2D eigenvalue weighted by Gasteiger charge is -2.13. The Balaban J connectivity index is 2.25. The minimum atomic E-state index is -0.901. The molecule has 0 amide bonds. The molecule has 0 spiro atoms. The summed E-state index contributed by atoms with van der Waals surface area (Å²) in [5, 5.41) is 9.47.